The van der Waals surface area contributed by atoms with Gasteiger partial charge >= 0.3 is 0 Å². The Labute approximate surface area is 126 Å². The quantitative estimate of drug-likeness (QED) is 0.747. The number of benzene rings is 1. The zero-order valence-corrected chi connectivity index (χ0v) is 12.7. The Hall–Kier alpha value is -1.12. The molecule has 0 aliphatic heterocycles. The molecule has 1 N–H and O–H groups in total. The molecular weight excluding hydrogens is 262 g/mol. The van der Waals surface area contributed by atoms with E-state index in [9.17, 15) is 0 Å². The number of rotatable bonds is 8. The third-order valence-electron chi connectivity index (χ3n) is 4.06. The van der Waals surface area contributed by atoms with E-state index in [4.69, 9.17) is 0 Å². The van der Waals surface area contributed by atoms with Gasteiger partial charge < -0.3 is 5.32 Å². The molecule has 0 saturated heterocycles. The molecule has 0 amide bonds. The first-order valence-corrected chi connectivity index (χ1v) is 8.60. The first kappa shape index (κ1) is 13.8. The summed E-state index contributed by atoms with van der Waals surface area (Å²) in [6, 6.07) is 16.2. The average molecular weight is 285 g/mol. The lowest BCUT2D eigenvalue weighted by Crippen LogP contribution is -2.23. The summed E-state index contributed by atoms with van der Waals surface area (Å²) in [5.41, 5.74) is 1.49. The van der Waals surface area contributed by atoms with Crippen LogP contribution in [0.2, 0.25) is 0 Å². The summed E-state index contributed by atoms with van der Waals surface area (Å²) in [7, 11) is 0. The van der Waals surface area contributed by atoms with Gasteiger partial charge in [0.05, 0.1) is 0 Å². The minimum absolute atomic E-state index is 0.664. The van der Waals surface area contributed by atoms with Gasteiger partial charge in [-0.1, -0.05) is 36.4 Å². The summed E-state index contributed by atoms with van der Waals surface area (Å²) in [5, 5.41) is 5.88. The lowest BCUT2D eigenvalue weighted by atomic mass is 9.93. The second-order valence-electron chi connectivity index (χ2n) is 5.76. The van der Waals surface area contributed by atoms with Crippen LogP contribution in [0.3, 0.4) is 0 Å². The van der Waals surface area contributed by atoms with E-state index in [0.717, 1.165) is 12.6 Å². The topological polar surface area (TPSA) is 12.0 Å². The van der Waals surface area contributed by atoms with Crippen molar-refractivity contribution < 1.29 is 0 Å². The van der Waals surface area contributed by atoms with Crippen molar-refractivity contribution in [1.29, 1.82) is 0 Å². The molecule has 1 atom stereocenters. The van der Waals surface area contributed by atoms with Gasteiger partial charge in [0.15, 0.2) is 0 Å². The number of aryl methyl sites for hydroxylation is 1. The first-order valence-electron chi connectivity index (χ1n) is 7.72. The molecule has 1 aromatic carbocycles. The molecule has 106 valence electrons. The van der Waals surface area contributed by atoms with Crippen LogP contribution in [-0.4, -0.2) is 12.6 Å². The van der Waals surface area contributed by atoms with Gasteiger partial charge in [0.2, 0.25) is 0 Å². The Bertz CT molecular complexity index is 487. The lowest BCUT2D eigenvalue weighted by molar-refractivity contribution is 0.532. The molecule has 2 aromatic rings. The van der Waals surface area contributed by atoms with E-state index in [2.05, 4.69) is 53.2 Å². The summed E-state index contributed by atoms with van der Waals surface area (Å²) >= 11 is 1.88. The Morgan fingerprint density at radius 2 is 1.95 bits per heavy atom. The van der Waals surface area contributed by atoms with E-state index in [1.165, 1.54) is 42.5 Å². The summed E-state index contributed by atoms with van der Waals surface area (Å²) in [6.07, 6.45) is 6.53. The first-order chi connectivity index (χ1) is 9.92. The van der Waals surface area contributed by atoms with Gasteiger partial charge in [-0.2, -0.15) is 0 Å². The molecule has 3 rings (SSSR count). The molecule has 1 aliphatic rings. The van der Waals surface area contributed by atoms with Crippen molar-refractivity contribution in [2.24, 2.45) is 0 Å². The van der Waals surface area contributed by atoms with Gasteiger partial charge in [-0.05, 0) is 55.0 Å². The number of hydrogen-bond acceptors (Lipinski definition) is 2. The molecule has 1 heterocycles. The molecule has 1 aliphatic carbocycles. The molecule has 0 bridgehead atoms. The molecule has 20 heavy (non-hydrogen) atoms. The Balaban J connectivity index is 1.53. The van der Waals surface area contributed by atoms with Crippen molar-refractivity contribution in [2.45, 2.75) is 44.1 Å². The molecule has 1 unspecified atom stereocenters. The highest BCUT2D eigenvalue weighted by Gasteiger charge is 2.22. The summed E-state index contributed by atoms with van der Waals surface area (Å²) < 4.78 is 0. The van der Waals surface area contributed by atoms with E-state index in [0.29, 0.717) is 5.92 Å². The van der Waals surface area contributed by atoms with Gasteiger partial charge in [0.25, 0.3) is 0 Å². The standard InChI is InChI=1S/C18H23NS/c1-2-6-15(7-3-1)16(14-19-17-11-12-17)8-4-9-18-10-5-13-20-18/h1-3,5-7,10,13,16-17,19H,4,8-9,11-12,14H2. The summed E-state index contributed by atoms with van der Waals surface area (Å²) in [4.78, 5) is 1.52. The van der Waals surface area contributed by atoms with E-state index < -0.39 is 0 Å². The minimum Gasteiger partial charge on any atom is -0.313 e. The zero-order valence-electron chi connectivity index (χ0n) is 11.9. The average Bonchev–Trinajstić information content (AvgIpc) is 3.18. The zero-order chi connectivity index (χ0) is 13.6. The summed E-state index contributed by atoms with van der Waals surface area (Å²) in [6.45, 7) is 1.14. The smallest absolute Gasteiger partial charge is 0.00684 e. The van der Waals surface area contributed by atoms with Crippen molar-refractivity contribution in [3.05, 3.63) is 58.3 Å². The Morgan fingerprint density at radius 1 is 1.10 bits per heavy atom. The monoisotopic (exact) mass is 285 g/mol. The minimum atomic E-state index is 0.664. The number of hydrogen-bond donors (Lipinski definition) is 1. The van der Waals surface area contributed by atoms with Crippen LogP contribution in [0.5, 0.6) is 0 Å². The molecular formula is C18H23NS. The molecule has 0 spiro atoms. The van der Waals surface area contributed by atoms with Crippen LogP contribution in [0.1, 0.15) is 42.0 Å². The van der Waals surface area contributed by atoms with E-state index >= 15 is 0 Å². The fourth-order valence-corrected chi connectivity index (χ4v) is 3.44. The molecule has 1 fully saturated rings. The van der Waals surface area contributed by atoms with Crippen molar-refractivity contribution in [1.82, 2.24) is 5.32 Å². The van der Waals surface area contributed by atoms with Gasteiger partial charge in [-0.3, -0.25) is 0 Å². The fraction of sp³-hybridized carbons (Fsp3) is 0.444. The van der Waals surface area contributed by atoms with Crippen molar-refractivity contribution >= 4 is 11.3 Å². The van der Waals surface area contributed by atoms with E-state index in [-0.39, 0.29) is 0 Å². The molecule has 1 nitrogen and oxygen atoms in total. The largest absolute Gasteiger partial charge is 0.313 e. The predicted molar refractivity (Wildman–Crippen MR) is 87.5 cm³/mol. The molecule has 0 radical (unpaired) electrons. The van der Waals surface area contributed by atoms with E-state index in [1.54, 1.807) is 0 Å². The summed E-state index contributed by atoms with van der Waals surface area (Å²) in [5.74, 6) is 0.664. The Kier molecular flexibility index (Phi) is 4.88. The van der Waals surface area contributed by atoms with Crippen molar-refractivity contribution in [3.8, 4) is 0 Å². The van der Waals surface area contributed by atoms with Crippen LogP contribution in [0.15, 0.2) is 47.8 Å². The van der Waals surface area contributed by atoms with Gasteiger partial charge in [-0.25, -0.2) is 0 Å². The van der Waals surface area contributed by atoms with Gasteiger partial charge in [-0.15, -0.1) is 11.3 Å². The SMILES string of the molecule is c1ccc(C(CCCc2cccs2)CNC2CC2)cc1. The molecule has 1 aromatic heterocycles. The maximum Gasteiger partial charge on any atom is 0.00684 e. The molecule has 2 heteroatoms. The number of nitrogens with one attached hydrogen (secondary N) is 1. The predicted octanol–water partition coefficient (Wildman–Crippen LogP) is 4.61. The maximum atomic E-state index is 3.70. The van der Waals surface area contributed by atoms with Gasteiger partial charge in [0.1, 0.15) is 0 Å². The van der Waals surface area contributed by atoms with Crippen molar-refractivity contribution in [2.75, 3.05) is 6.54 Å². The second kappa shape index (κ2) is 7.05. The van der Waals surface area contributed by atoms with Crippen LogP contribution in [0.4, 0.5) is 0 Å². The van der Waals surface area contributed by atoms with Crippen LogP contribution in [0.25, 0.3) is 0 Å². The molecule has 1 saturated carbocycles. The normalized spacial score (nSPS) is 16.2. The third kappa shape index (κ3) is 4.19. The highest BCUT2D eigenvalue weighted by Crippen LogP contribution is 2.25. The third-order valence-corrected chi connectivity index (χ3v) is 4.99. The van der Waals surface area contributed by atoms with E-state index in [1.807, 2.05) is 11.3 Å². The van der Waals surface area contributed by atoms with Crippen LogP contribution in [-0.2, 0) is 6.42 Å². The highest BCUT2D eigenvalue weighted by molar-refractivity contribution is 7.09. The van der Waals surface area contributed by atoms with Crippen molar-refractivity contribution in [3.63, 3.8) is 0 Å². The van der Waals surface area contributed by atoms with Crippen LogP contribution < -0.4 is 5.32 Å². The lowest BCUT2D eigenvalue weighted by Gasteiger charge is -2.18. The van der Waals surface area contributed by atoms with Crippen LogP contribution >= 0.6 is 11.3 Å². The second-order valence-corrected chi connectivity index (χ2v) is 6.79. The Morgan fingerprint density at radius 3 is 2.65 bits per heavy atom. The highest BCUT2D eigenvalue weighted by atomic mass is 32.1. The fourth-order valence-electron chi connectivity index (χ4n) is 2.69. The number of thiophene rings is 1. The van der Waals surface area contributed by atoms with Crippen LogP contribution in [0, 0.1) is 0 Å². The maximum absolute atomic E-state index is 3.70. The van der Waals surface area contributed by atoms with Gasteiger partial charge in [0, 0.05) is 17.5 Å².